The Morgan fingerprint density at radius 1 is 1.05 bits per heavy atom. The van der Waals surface area contributed by atoms with E-state index in [1.165, 1.54) is 0 Å². The molecule has 37 heavy (non-hydrogen) atoms. The normalized spacial score (nSPS) is 17.8. The first-order valence-electron chi connectivity index (χ1n) is 13.0. The van der Waals surface area contributed by atoms with Crippen LogP contribution in [0.4, 0.5) is 0 Å². The molecule has 5 rings (SSSR count). The van der Waals surface area contributed by atoms with Crippen molar-refractivity contribution < 1.29 is 9.90 Å². The smallest absolute Gasteiger partial charge is 0.303 e. The van der Waals surface area contributed by atoms with E-state index in [1.54, 1.807) is 0 Å². The van der Waals surface area contributed by atoms with Gasteiger partial charge in [0.2, 0.25) is 5.82 Å². The van der Waals surface area contributed by atoms with Crippen LogP contribution < -0.4 is 0 Å². The minimum absolute atomic E-state index is 0.264. The number of aromatic nitrogens is 7. The largest absolute Gasteiger partial charge is 0.481 e. The summed E-state index contributed by atoms with van der Waals surface area (Å²) in [6.45, 7) is 5.02. The highest BCUT2D eigenvalue weighted by Crippen LogP contribution is 2.37. The first-order chi connectivity index (χ1) is 18.0. The highest BCUT2D eigenvalue weighted by atomic mass is 16.4. The van der Waals surface area contributed by atoms with Gasteiger partial charge >= 0.3 is 5.97 Å². The van der Waals surface area contributed by atoms with Crippen molar-refractivity contribution in [2.24, 2.45) is 11.8 Å². The fraction of sp³-hybridized carbons (Fsp3) is 0.429. The number of carboxylic acid groups (broad SMARTS) is 1. The van der Waals surface area contributed by atoms with E-state index in [2.05, 4.69) is 69.5 Å². The maximum atomic E-state index is 11.1. The van der Waals surface area contributed by atoms with Crippen molar-refractivity contribution in [3.8, 4) is 22.5 Å². The number of hydrogen-bond donors (Lipinski definition) is 2. The third kappa shape index (κ3) is 5.93. The number of nitrogens with zero attached hydrogens (tertiary/aromatic N) is 6. The number of hydrogen-bond acceptors (Lipinski definition) is 6. The summed E-state index contributed by atoms with van der Waals surface area (Å²) in [5, 5.41) is 28.6. The number of H-pyrrole nitrogens is 1. The number of carboxylic acids is 1. The van der Waals surface area contributed by atoms with Crippen LogP contribution in [-0.4, -0.2) is 46.5 Å². The Hall–Kier alpha value is -3.88. The number of carbonyl (C=O) groups is 1. The molecule has 1 aliphatic carbocycles. The quantitative estimate of drug-likeness (QED) is 0.328. The Bertz CT molecular complexity index is 1320. The van der Waals surface area contributed by atoms with E-state index in [-0.39, 0.29) is 12.3 Å². The third-order valence-corrected chi connectivity index (χ3v) is 7.12. The van der Waals surface area contributed by atoms with E-state index < -0.39 is 5.97 Å². The summed E-state index contributed by atoms with van der Waals surface area (Å²) < 4.78 is 2.07. The fourth-order valence-corrected chi connectivity index (χ4v) is 5.31. The highest BCUT2D eigenvalue weighted by Gasteiger charge is 2.28. The highest BCUT2D eigenvalue weighted by molar-refractivity contribution is 5.80. The van der Waals surface area contributed by atoms with E-state index in [9.17, 15) is 4.79 Å². The number of benzene rings is 2. The molecular formula is C28H33N7O2. The summed E-state index contributed by atoms with van der Waals surface area (Å²) in [5.74, 6) is 2.87. The van der Waals surface area contributed by atoms with Crippen molar-refractivity contribution in [2.75, 3.05) is 0 Å². The van der Waals surface area contributed by atoms with Crippen LogP contribution >= 0.6 is 0 Å². The van der Waals surface area contributed by atoms with Gasteiger partial charge in [-0.3, -0.25) is 4.79 Å². The number of rotatable bonds is 9. The molecule has 4 aromatic rings. The van der Waals surface area contributed by atoms with Crippen molar-refractivity contribution in [1.82, 2.24) is 35.4 Å². The maximum Gasteiger partial charge on any atom is 0.303 e. The molecule has 192 valence electrons. The Kier molecular flexibility index (Phi) is 7.39. The molecule has 0 radical (unpaired) electrons. The molecule has 0 aliphatic heterocycles. The Morgan fingerprint density at radius 2 is 1.78 bits per heavy atom. The van der Waals surface area contributed by atoms with Gasteiger partial charge in [0.15, 0.2) is 5.82 Å². The van der Waals surface area contributed by atoms with Crippen LogP contribution in [0.25, 0.3) is 22.5 Å². The van der Waals surface area contributed by atoms with Gasteiger partial charge in [-0.15, -0.1) is 10.2 Å². The van der Waals surface area contributed by atoms with Gasteiger partial charge in [-0.25, -0.2) is 9.67 Å². The number of aromatic amines is 1. The first kappa shape index (κ1) is 24.8. The van der Waals surface area contributed by atoms with Crippen molar-refractivity contribution in [1.29, 1.82) is 0 Å². The average molecular weight is 500 g/mol. The van der Waals surface area contributed by atoms with Crippen LogP contribution in [-0.2, 0) is 17.8 Å². The molecule has 9 nitrogen and oxygen atoms in total. The summed E-state index contributed by atoms with van der Waals surface area (Å²) >= 11 is 0. The van der Waals surface area contributed by atoms with E-state index >= 15 is 0 Å². The van der Waals surface area contributed by atoms with E-state index in [1.807, 2.05) is 18.2 Å². The number of tetrazole rings is 1. The van der Waals surface area contributed by atoms with Crippen LogP contribution in [0.2, 0.25) is 0 Å². The van der Waals surface area contributed by atoms with Gasteiger partial charge in [0.1, 0.15) is 5.82 Å². The Labute approximate surface area is 216 Å². The minimum Gasteiger partial charge on any atom is -0.481 e. The zero-order valence-electron chi connectivity index (χ0n) is 21.3. The molecule has 0 unspecified atom stereocenters. The van der Waals surface area contributed by atoms with E-state index in [4.69, 9.17) is 15.2 Å². The van der Waals surface area contributed by atoms with Gasteiger partial charge in [0.25, 0.3) is 0 Å². The SMILES string of the molecule is CC(C)Cc1nc(C2CCC(CC(=O)O)CC2)n(Cc2ccc(-c3ccccc3-c3nn[nH]n3)cc2)n1. The van der Waals surface area contributed by atoms with Gasteiger partial charge in [-0.2, -0.15) is 10.3 Å². The van der Waals surface area contributed by atoms with Gasteiger partial charge < -0.3 is 5.11 Å². The lowest BCUT2D eigenvalue weighted by atomic mass is 9.80. The van der Waals surface area contributed by atoms with Gasteiger partial charge in [0.05, 0.1) is 6.54 Å². The molecule has 2 N–H and O–H groups in total. The van der Waals surface area contributed by atoms with Crippen molar-refractivity contribution in [2.45, 2.75) is 64.8 Å². The summed E-state index contributed by atoms with van der Waals surface area (Å²) in [7, 11) is 0. The molecule has 1 saturated carbocycles. The maximum absolute atomic E-state index is 11.1. The van der Waals surface area contributed by atoms with E-state index in [0.29, 0.717) is 24.2 Å². The first-order valence-corrected chi connectivity index (χ1v) is 13.0. The molecule has 1 aliphatic rings. The topological polar surface area (TPSA) is 122 Å². The van der Waals surface area contributed by atoms with Crippen LogP contribution in [0, 0.1) is 11.8 Å². The molecule has 2 heterocycles. The van der Waals surface area contributed by atoms with Gasteiger partial charge in [0, 0.05) is 24.3 Å². The summed E-state index contributed by atoms with van der Waals surface area (Å²) in [5.41, 5.74) is 4.22. The number of aliphatic carboxylic acids is 1. The molecule has 0 bridgehead atoms. The lowest BCUT2D eigenvalue weighted by Gasteiger charge is -2.27. The molecule has 1 fully saturated rings. The zero-order chi connectivity index (χ0) is 25.8. The summed E-state index contributed by atoms with van der Waals surface area (Å²) in [4.78, 5) is 16.1. The van der Waals surface area contributed by atoms with Crippen molar-refractivity contribution in [3.05, 3.63) is 65.7 Å². The molecule has 2 aromatic heterocycles. The van der Waals surface area contributed by atoms with E-state index in [0.717, 1.165) is 66.0 Å². The average Bonchev–Trinajstić information content (AvgIpc) is 3.55. The molecule has 0 amide bonds. The van der Waals surface area contributed by atoms with Crippen molar-refractivity contribution in [3.63, 3.8) is 0 Å². The molecule has 0 spiro atoms. The van der Waals surface area contributed by atoms with Gasteiger partial charge in [-0.05, 0) is 59.4 Å². The second-order valence-electron chi connectivity index (χ2n) is 10.4. The zero-order valence-corrected chi connectivity index (χ0v) is 21.3. The van der Waals surface area contributed by atoms with Crippen LogP contribution in [0.5, 0.6) is 0 Å². The monoisotopic (exact) mass is 499 g/mol. The minimum atomic E-state index is -0.700. The standard InChI is InChI=1S/C28H33N7O2/c1-18(2)15-25-29-28(22-13-7-19(8-14-22)16-26(36)37)35(32-25)17-20-9-11-21(12-10-20)23-5-3-4-6-24(23)27-30-33-34-31-27/h3-6,9-12,18-19,22H,7-8,13-17H2,1-2H3,(H,36,37)(H,30,31,33,34). The molecule has 0 atom stereocenters. The lowest BCUT2D eigenvalue weighted by molar-refractivity contribution is -0.138. The second-order valence-corrected chi connectivity index (χ2v) is 10.4. The van der Waals surface area contributed by atoms with Crippen molar-refractivity contribution >= 4 is 5.97 Å². The molecular weight excluding hydrogens is 466 g/mol. The molecule has 9 heteroatoms. The lowest BCUT2D eigenvalue weighted by Crippen LogP contribution is -2.19. The third-order valence-electron chi connectivity index (χ3n) is 7.12. The molecule has 0 saturated heterocycles. The molecule has 2 aromatic carbocycles. The fourth-order valence-electron chi connectivity index (χ4n) is 5.31. The number of nitrogens with one attached hydrogen (secondary N) is 1. The predicted molar refractivity (Wildman–Crippen MR) is 140 cm³/mol. The Morgan fingerprint density at radius 3 is 2.43 bits per heavy atom. The van der Waals surface area contributed by atoms with Crippen LogP contribution in [0.15, 0.2) is 48.5 Å². The summed E-state index contributed by atoms with van der Waals surface area (Å²) in [6, 6.07) is 16.6. The second kappa shape index (κ2) is 11.0. The summed E-state index contributed by atoms with van der Waals surface area (Å²) in [6.07, 6.45) is 4.89. The predicted octanol–water partition coefficient (Wildman–Crippen LogP) is 5.12. The van der Waals surface area contributed by atoms with Crippen LogP contribution in [0.3, 0.4) is 0 Å². The van der Waals surface area contributed by atoms with Gasteiger partial charge in [-0.1, -0.05) is 62.4 Å². The van der Waals surface area contributed by atoms with Crippen LogP contribution in [0.1, 0.15) is 69.1 Å². The Balaban J connectivity index is 1.36.